The number of hydrogen-bond donors (Lipinski definition) is 1. The van der Waals surface area contributed by atoms with Gasteiger partial charge in [-0.2, -0.15) is 14.3 Å². The largest absolute Gasteiger partial charge is 0.618 e. The molecule has 4 aromatic rings. The molecule has 5 rings (SSSR count). The second kappa shape index (κ2) is 9.78. The lowest BCUT2D eigenvalue weighted by Crippen LogP contribution is -2.56. The second-order valence-electron chi connectivity index (χ2n) is 8.45. The number of H-pyrrole nitrogens is 1. The van der Waals surface area contributed by atoms with Crippen LogP contribution < -0.4 is 4.73 Å². The summed E-state index contributed by atoms with van der Waals surface area (Å²) in [6.45, 7) is 0.0290. The van der Waals surface area contributed by atoms with Gasteiger partial charge in [-0.25, -0.2) is 18.4 Å². The molecule has 0 spiro atoms. The van der Waals surface area contributed by atoms with E-state index in [9.17, 15) is 23.7 Å². The number of halogens is 1. The van der Waals surface area contributed by atoms with Crippen molar-refractivity contribution in [3.8, 4) is 17.3 Å². The van der Waals surface area contributed by atoms with Crippen molar-refractivity contribution in [3.05, 3.63) is 77.1 Å². The number of rotatable bonds is 5. The number of aromatic nitrogens is 4. The van der Waals surface area contributed by atoms with Crippen molar-refractivity contribution >= 4 is 38.4 Å². The normalized spacial score (nSPS) is 16.5. The van der Waals surface area contributed by atoms with E-state index in [1.807, 2.05) is 6.07 Å². The predicted molar refractivity (Wildman–Crippen MR) is 134 cm³/mol. The number of amides is 1. The second-order valence-corrected chi connectivity index (χ2v) is 10.8. The number of nitriles is 1. The maximum absolute atomic E-state index is 13.4. The zero-order chi connectivity index (χ0) is 26.2. The summed E-state index contributed by atoms with van der Waals surface area (Å²) in [6, 6.07) is 12.8. The SMILES string of the molecule is N#CCC1CN(S(=O)(=O)c2cc3cc(Cl)ccc3[nH]2)CCN1C(=O)c1ncc(-c2cccc[n+]2[O-])cn1. The molecule has 1 aliphatic rings. The fraction of sp³-hybridized carbons (Fsp3) is 0.208. The Kier molecular flexibility index (Phi) is 6.51. The standard InChI is InChI=1S/C24H20ClN7O4S/c25-18-4-5-20-16(11-18)12-22(29-20)37(35,36)30-9-10-31(19(15-30)6-7-26)24(33)23-27-13-17(14-28-23)21-3-1-2-8-32(21)34/h1-5,8,11-14,19,29H,6,9-10,15H2. The Morgan fingerprint density at radius 3 is 2.73 bits per heavy atom. The molecule has 1 atom stereocenters. The van der Waals surface area contributed by atoms with Gasteiger partial charge in [0.1, 0.15) is 5.03 Å². The predicted octanol–water partition coefficient (Wildman–Crippen LogP) is 2.34. The van der Waals surface area contributed by atoms with E-state index in [1.165, 1.54) is 33.9 Å². The number of aromatic amines is 1. The number of benzene rings is 1. The number of sulfonamides is 1. The topological polar surface area (TPSA) is 150 Å². The van der Waals surface area contributed by atoms with E-state index in [1.54, 1.807) is 36.4 Å². The highest BCUT2D eigenvalue weighted by atomic mass is 35.5. The Morgan fingerprint density at radius 2 is 2.00 bits per heavy atom. The van der Waals surface area contributed by atoms with Crippen molar-refractivity contribution in [2.75, 3.05) is 19.6 Å². The Bertz CT molecular complexity index is 1630. The summed E-state index contributed by atoms with van der Waals surface area (Å²) in [5.74, 6) is -0.629. The molecule has 0 bridgehead atoms. The van der Waals surface area contributed by atoms with E-state index in [0.29, 0.717) is 31.9 Å². The van der Waals surface area contributed by atoms with Crippen LogP contribution in [0.4, 0.5) is 0 Å². The molecule has 1 amide bonds. The number of piperazine rings is 1. The van der Waals surface area contributed by atoms with Gasteiger partial charge in [0.15, 0.2) is 6.20 Å². The number of pyridine rings is 1. The van der Waals surface area contributed by atoms with Gasteiger partial charge in [0.2, 0.25) is 11.5 Å². The van der Waals surface area contributed by atoms with E-state index >= 15 is 0 Å². The van der Waals surface area contributed by atoms with E-state index in [2.05, 4.69) is 15.0 Å². The van der Waals surface area contributed by atoms with Gasteiger partial charge in [0.25, 0.3) is 15.9 Å². The van der Waals surface area contributed by atoms with Gasteiger partial charge >= 0.3 is 0 Å². The van der Waals surface area contributed by atoms with E-state index < -0.39 is 22.0 Å². The number of nitrogens with zero attached hydrogens (tertiary/aromatic N) is 6. The van der Waals surface area contributed by atoms with Gasteiger partial charge in [0.05, 0.1) is 24.1 Å². The highest BCUT2D eigenvalue weighted by Crippen LogP contribution is 2.26. The Balaban J connectivity index is 1.36. The van der Waals surface area contributed by atoms with Crippen LogP contribution >= 0.6 is 11.6 Å². The lowest BCUT2D eigenvalue weighted by Gasteiger charge is -2.39. The average molecular weight is 538 g/mol. The molecule has 4 heterocycles. The first kappa shape index (κ1) is 24.6. The lowest BCUT2D eigenvalue weighted by atomic mass is 10.1. The molecule has 1 N–H and O–H groups in total. The van der Waals surface area contributed by atoms with Gasteiger partial charge in [-0.05, 0) is 30.3 Å². The van der Waals surface area contributed by atoms with Gasteiger partial charge in [0, 0.05) is 60.1 Å². The molecule has 1 aliphatic heterocycles. The maximum Gasteiger partial charge on any atom is 0.292 e. The zero-order valence-corrected chi connectivity index (χ0v) is 20.9. The van der Waals surface area contributed by atoms with E-state index in [-0.39, 0.29) is 36.9 Å². The van der Waals surface area contributed by atoms with Crippen LogP contribution in [0.3, 0.4) is 0 Å². The Hall–Kier alpha value is -4.05. The van der Waals surface area contributed by atoms with Crippen LogP contribution in [0.2, 0.25) is 5.02 Å². The fourth-order valence-electron chi connectivity index (χ4n) is 4.30. The van der Waals surface area contributed by atoms with Crippen LogP contribution in [-0.2, 0) is 10.0 Å². The van der Waals surface area contributed by atoms with Crippen molar-refractivity contribution < 1.29 is 17.9 Å². The summed E-state index contributed by atoms with van der Waals surface area (Å²) < 4.78 is 28.7. The quantitative estimate of drug-likeness (QED) is 0.303. The summed E-state index contributed by atoms with van der Waals surface area (Å²) >= 11 is 6.02. The summed E-state index contributed by atoms with van der Waals surface area (Å²) in [5, 5.41) is 22.5. The Morgan fingerprint density at radius 1 is 1.22 bits per heavy atom. The third-order valence-corrected chi connectivity index (χ3v) is 8.19. The van der Waals surface area contributed by atoms with Crippen LogP contribution in [0.25, 0.3) is 22.2 Å². The minimum absolute atomic E-state index is 0.00990. The summed E-state index contributed by atoms with van der Waals surface area (Å²) in [7, 11) is -3.92. The first-order valence-corrected chi connectivity index (χ1v) is 13.1. The minimum Gasteiger partial charge on any atom is -0.618 e. The van der Waals surface area contributed by atoms with Gasteiger partial charge in [-0.15, -0.1) is 0 Å². The maximum atomic E-state index is 13.4. The van der Waals surface area contributed by atoms with Crippen LogP contribution in [0.15, 0.2) is 66.1 Å². The first-order chi connectivity index (χ1) is 17.8. The molecule has 1 unspecified atom stereocenters. The molecule has 1 fully saturated rings. The number of carbonyl (C=O) groups excluding carboxylic acids is 1. The molecule has 188 valence electrons. The molecule has 0 saturated carbocycles. The average Bonchev–Trinajstić information content (AvgIpc) is 3.33. The molecule has 37 heavy (non-hydrogen) atoms. The molecule has 1 saturated heterocycles. The number of nitrogens with one attached hydrogen (secondary N) is 1. The molecule has 1 aromatic carbocycles. The zero-order valence-electron chi connectivity index (χ0n) is 19.3. The van der Waals surface area contributed by atoms with Crippen molar-refractivity contribution in [1.29, 1.82) is 5.26 Å². The molecule has 11 nitrogen and oxygen atoms in total. The number of carbonyl (C=O) groups is 1. The van der Waals surface area contributed by atoms with E-state index in [0.717, 1.165) is 0 Å². The molecule has 13 heteroatoms. The molecular formula is C24H20ClN7O4S. The molecule has 3 aromatic heterocycles. The van der Waals surface area contributed by atoms with Crippen LogP contribution in [0.5, 0.6) is 0 Å². The molecule has 0 aliphatic carbocycles. The lowest BCUT2D eigenvalue weighted by molar-refractivity contribution is -0.593. The summed E-state index contributed by atoms with van der Waals surface area (Å²) in [4.78, 5) is 25.8. The summed E-state index contributed by atoms with van der Waals surface area (Å²) in [6.07, 6.45) is 4.04. The number of hydrogen-bond acceptors (Lipinski definition) is 7. The van der Waals surface area contributed by atoms with Crippen molar-refractivity contribution in [3.63, 3.8) is 0 Å². The van der Waals surface area contributed by atoms with Gasteiger partial charge in [-0.1, -0.05) is 11.6 Å². The van der Waals surface area contributed by atoms with E-state index in [4.69, 9.17) is 11.6 Å². The molecular weight excluding hydrogens is 518 g/mol. The van der Waals surface area contributed by atoms with Gasteiger partial charge in [-0.3, -0.25) is 4.79 Å². The highest BCUT2D eigenvalue weighted by Gasteiger charge is 2.38. The van der Waals surface area contributed by atoms with Crippen LogP contribution in [-0.4, -0.2) is 64.2 Å². The van der Waals surface area contributed by atoms with Crippen molar-refractivity contribution in [2.45, 2.75) is 17.5 Å². The number of fused-ring (bicyclic) bond motifs is 1. The summed E-state index contributed by atoms with van der Waals surface area (Å²) in [5.41, 5.74) is 1.40. The molecule has 0 radical (unpaired) electrons. The monoisotopic (exact) mass is 537 g/mol. The van der Waals surface area contributed by atoms with Crippen LogP contribution in [0, 0.1) is 16.5 Å². The van der Waals surface area contributed by atoms with Gasteiger partial charge < -0.3 is 15.1 Å². The third kappa shape index (κ3) is 4.72. The Labute approximate surface area is 217 Å². The van der Waals surface area contributed by atoms with Crippen molar-refractivity contribution in [1.82, 2.24) is 24.2 Å². The minimum atomic E-state index is -3.92. The van der Waals surface area contributed by atoms with Crippen molar-refractivity contribution in [2.24, 2.45) is 0 Å². The van der Waals surface area contributed by atoms with Crippen LogP contribution in [0.1, 0.15) is 17.0 Å². The smallest absolute Gasteiger partial charge is 0.292 e. The fourth-order valence-corrected chi connectivity index (χ4v) is 5.96. The third-order valence-electron chi connectivity index (χ3n) is 6.17. The highest BCUT2D eigenvalue weighted by molar-refractivity contribution is 7.89. The first-order valence-electron chi connectivity index (χ1n) is 11.2.